The molecule has 0 radical (unpaired) electrons. The molecular weight excluding hydrogens is 224 g/mol. The molecule has 0 bridgehead atoms. The molecule has 0 aromatic rings. The van der Waals surface area contributed by atoms with E-state index in [1.165, 1.54) is 12.7 Å². The normalized spacial score (nSPS) is 28.2. The van der Waals surface area contributed by atoms with E-state index in [9.17, 15) is 8.42 Å². The fraction of sp³-hybridized carbons (Fsp3) is 1.00. The first-order valence-electron chi connectivity index (χ1n) is 6.04. The van der Waals surface area contributed by atoms with Gasteiger partial charge in [0, 0.05) is 18.8 Å². The van der Waals surface area contributed by atoms with Crippen LogP contribution in [0.1, 0.15) is 26.2 Å². The van der Waals surface area contributed by atoms with Crippen molar-refractivity contribution >= 4 is 9.84 Å². The first-order chi connectivity index (χ1) is 7.42. The van der Waals surface area contributed by atoms with Gasteiger partial charge in [-0.25, -0.2) is 8.42 Å². The first kappa shape index (κ1) is 13.9. The highest BCUT2D eigenvalue weighted by molar-refractivity contribution is 7.90. The summed E-state index contributed by atoms with van der Waals surface area (Å²) < 4.78 is 22.1. The van der Waals surface area contributed by atoms with Gasteiger partial charge in [0.2, 0.25) is 0 Å². The van der Waals surface area contributed by atoms with Gasteiger partial charge in [0.1, 0.15) is 9.84 Å². The molecule has 2 unspecified atom stereocenters. The van der Waals surface area contributed by atoms with E-state index in [1.54, 1.807) is 0 Å². The summed E-state index contributed by atoms with van der Waals surface area (Å²) in [5.41, 5.74) is 5.75. The second-order valence-electron chi connectivity index (χ2n) is 5.04. The highest BCUT2D eigenvalue weighted by atomic mass is 32.2. The fourth-order valence-electron chi connectivity index (χ4n) is 2.37. The molecule has 1 aliphatic rings. The Morgan fingerprint density at radius 1 is 1.44 bits per heavy atom. The third kappa shape index (κ3) is 4.80. The second kappa shape index (κ2) is 5.98. The van der Waals surface area contributed by atoms with Crippen LogP contribution in [0.5, 0.6) is 0 Å². The Kier molecular flexibility index (Phi) is 5.21. The summed E-state index contributed by atoms with van der Waals surface area (Å²) in [7, 11) is -2.82. The zero-order valence-electron chi connectivity index (χ0n) is 10.4. The number of rotatable bonds is 5. The number of nitrogens with zero attached hydrogens (tertiary/aromatic N) is 1. The minimum Gasteiger partial charge on any atom is -0.329 e. The Labute approximate surface area is 99.1 Å². The van der Waals surface area contributed by atoms with Crippen molar-refractivity contribution in [2.24, 2.45) is 11.7 Å². The predicted octanol–water partition coefficient (Wildman–Crippen LogP) is 0.480. The molecule has 0 saturated carbocycles. The highest BCUT2D eigenvalue weighted by Crippen LogP contribution is 2.21. The molecule has 0 spiro atoms. The van der Waals surface area contributed by atoms with Crippen LogP contribution in [0, 0.1) is 5.92 Å². The fourth-order valence-corrected chi connectivity index (χ4v) is 3.02. The van der Waals surface area contributed by atoms with Crippen LogP contribution in [0.4, 0.5) is 0 Å². The van der Waals surface area contributed by atoms with Gasteiger partial charge in [-0.15, -0.1) is 0 Å². The van der Waals surface area contributed by atoms with Gasteiger partial charge in [-0.1, -0.05) is 6.92 Å². The third-order valence-electron chi connectivity index (χ3n) is 3.33. The topological polar surface area (TPSA) is 63.4 Å². The Bertz CT molecular complexity index is 303. The summed E-state index contributed by atoms with van der Waals surface area (Å²) in [5.74, 6) is 1.04. The zero-order chi connectivity index (χ0) is 12.2. The van der Waals surface area contributed by atoms with Crippen LogP contribution in [0.15, 0.2) is 0 Å². The van der Waals surface area contributed by atoms with Gasteiger partial charge in [0.15, 0.2) is 0 Å². The average Bonchev–Trinajstić information content (AvgIpc) is 2.18. The quantitative estimate of drug-likeness (QED) is 0.768. The molecule has 0 aromatic carbocycles. The van der Waals surface area contributed by atoms with Crippen LogP contribution in [0.25, 0.3) is 0 Å². The standard InChI is InChI=1S/C11H24N2O2S/c1-10-4-6-13(11(8-10)9-12)5-3-7-16(2,14)15/h10-11H,3-9,12H2,1-2H3. The molecule has 16 heavy (non-hydrogen) atoms. The summed E-state index contributed by atoms with van der Waals surface area (Å²) in [6.07, 6.45) is 4.38. The number of hydrogen-bond acceptors (Lipinski definition) is 4. The van der Waals surface area contributed by atoms with Gasteiger partial charge in [-0.2, -0.15) is 0 Å². The summed E-state index contributed by atoms with van der Waals surface area (Å²) in [6.45, 7) is 4.87. The number of likely N-dealkylation sites (tertiary alicyclic amines) is 1. The van der Waals surface area contributed by atoms with Crippen LogP contribution in [0.2, 0.25) is 0 Å². The predicted molar refractivity (Wildman–Crippen MR) is 67.1 cm³/mol. The Balaban J connectivity index is 2.35. The van der Waals surface area contributed by atoms with Crippen molar-refractivity contribution < 1.29 is 8.42 Å². The Morgan fingerprint density at radius 3 is 2.69 bits per heavy atom. The Hall–Kier alpha value is -0.130. The molecule has 0 aliphatic carbocycles. The van der Waals surface area contributed by atoms with E-state index < -0.39 is 9.84 Å². The molecule has 2 N–H and O–H groups in total. The summed E-state index contributed by atoms with van der Waals surface area (Å²) in [5, 5.41) is 0. The summed E-state index contributed by atoms with van der Waals surface area (Å²) in [4.78, 5) is 2.35. The van der Waals surface area contributed by atoms with Crippen molar-refractivity contribution in [3.05, 3.63) is 0 Å². The number of hydrogen-bond donors (Lipinski definition) is 1. The van der Waals surface area contributed by atoms with Crippen molar-refractivity contribution in [3.63, 3.8) is 0 Å². The molecule has 1 aliphatic heterocycles. The van der Waals surface area contributed by atoms with Crippen LogP contribution in [-0.4, -0.2) is 51.0 Å². The van der Waals surface area contributed by atoms with Gasteiger partial charge >= 0.3 is 0 Å². The van der Waals surface area contributed by atoms with Gasteiger partial charge in [0.25, 0.3) is 0 Å². The lowest BCUT2D eigenvalue weighted by Crippen LogP contribution is -2.46. The molecule has 4 nitrogen and oxygen atoms in total. The van der Waals surface area contributed by atoms with Crippen molar-refractivity contribution in [2.75, 3.05) is 31.6 Å². The average molecular weight is 248 g/mol. The molecule has 2 atom stereocenters. The van der Waals surface area contributed by atoms with Crippen molar-refractivity contribution in [1.82, 2.24) is 4.90 Å². The molecule has 1 saturated heterocycles. The lowest BCUT2D eigenvalue weighted by Gasteiger charge is -2.37. The van der Waals surface area contributed by atoms with Gasteiger partial charge < -0.3 is 5.73 Å². The van der Waals surface area contributed by atoms with E-state index in [1.807, 2.05) is 0 Å². The highest BCUT2D eigenvalue weighted by Gasteiger charge is 2.24. The van der Waals surface area contributed by atoms with Gasteiger partial charge in [-0.05, 0) is 38.3 Å². The minimum atomic E-state index is -2.82. The molecule has 1 fully saturated rings. The van der Waals surface area contributed by atoms with Crippen LogP contribution in [0.3, 0.4) is 0 Å². The van der Waals surface area contributed by atoms with E-state index in [4.69, 9.17) is 5.73 Å². The van der Waals surface area contributed by atoms with E-state index in [2.05, 4.69) is 11.8 Å². The largest absolute Gasteiger partial charge is 0.329 e. The third-order valence-corrected chi connectivity index (χ3v) is 4.36. The van der Waals surface area contributed by atoms with Crippen molar-refractivity contribution in [2.45, 2.75) is 32.2 Å². The minimum absolute atomic E-state index is 0.288. The molecule has 96 valence electrons. The lowest BCUT2D eigenvalue weighted by molar-refractivity contribution is 0.123. The maximum Gasteiger partial charge on any atom is 0.147 e. The van der Waals surface area contributed by atoms with E-state index in [-0.39, 0.29) is 5.75 Å². The van der Waals surface area contributed by atoms with E-state index >= 15 is 0 Å². The first-order valence-corrected chi connectivity index (χ1v) is 8.10. The van der Waals surface area contributed by atoms with Gasteiger partial charge in [-0.3, -0.25) is 4.90 Å². The van der Waals surface area contributed by atoms with E-state index in [0.717, 1.165) is 31.8 Å². The number of sulfone groups is 1. The molecule has 0 aromatic heterocycles. The summed E-state index contributed by atoms with van der Waals surface area (Å²) >= 11 is 0. The number of nitrogens with two attached hydrogens (primary N) is 1. The number of piperidine rings is 1. The summed E-state index contributed by atoms with van der Waals surface area (Å²) in [6, 6.07) is 0.448. The van der Waals surface area contributed by atoms with Crippen LogP contribution < -0.4 is 5.73 Å². The SMILES string of the molecule is CC1CCN(CCCS(C)(=O)=O)C(CN)C1. The second-order valence-corrected chi connectivity index (χ2v) is 7.30. The molecule has 1 heterocycles. The van der Waals surface area contributed by atoms with E-state index in [0.29, 0.717) is 12.6 Å². The molecular formula is C11H24N2O2S. The molecule has 0 amide bonds. The van der Waals surface area contributed by atoms with Crippen LogP contribution >= 0.6 is 0 Å². The Morgan fingerprint density at radius 2 is 2.12 bits per heavy atom. The maximum absolute atomic E-state index is 11.0. The lowest BCUT2D eigenvalue weighted by atomic mass is 9.92. The van der Waals surface area contributed by atoms with Crippen molar-refractivity contribution in [1.29, 1.82) is 0 Å². The van der Waals surface area contributed by atoms with Gasteiger partial charge in [0.05, 0.1) is 5.75 Å². The monoisotopic (exact) mass is 248 g/mol. The molecule has 1 rings (SSSR count). The smallest absolute Gasteiger partial charge is 0.147 e. The van der Waals surface area contributed by atoms with Crippen molar-refractivity contribution in [3.8, 4) is 0 Å². The molecule has 5 heteroatoms. The zero-order valence-corrected chi connectivity index (χ0v) is 11.2. The maximum atomic E-state index is 11.0. The van der Waals surface area contributed by atoms with Crippen LogP contribution in [-0.2, 0) is 9.84 Å².